The van der Waals surface area contributed by atoms with Gasteiger partial charge in [-0.15, -0.1) is 0 Å². The number of hydrogen-bond donors (Lipinski definition) is 2. The topological polar surface area (TPSA) is 53.5 Å². The second kappa shape index (κ2) is 7.74. The molecule has 0 aromatic heterocycles. The van der Waals surface area contributed by atoms with Crippen molar-refractivity contribution in [3.05, 3.63) is 102 Å². The normalized spacial score (nSPS) is 21.9. The van der Waals surface area contributed by atoms with Gasteiger partial charge in [0.05, 0.1) is 11.8 Å². The molecule has 0 saturated carbocycles. The van der Waals surface area contributed by atoms with Gasteiger partial charge in [0.1, 0.15) is 0 Å². The maximum absolute atomic E-state index is 12.7. The van der Waals surface area contributed by atoms with Gasteiger partial charge in [0.15, 0.2) is 0 Å². The molecular formula is C28H23N3O. The second-order valence-electron chi connectivity index (χ2n) is 8.47. The van der Waals surface area contributed by atoms with E-state index in [1.807, 2.05) is 6.07 Å². The van der Waals surface area contributed by atoms with E-state index in [9.17, 15) is 4.79 Å². The van der Waals surface area contributed by atoms with Gasteiger partial charge in [0, 0.05) is 19.0 Å². The Morgan fingerprint density at radius 1 is 0.812 bits per heavy atom. The molecule has 4 aromatic rings. The molecule has 4 heteroatoms. The number of nitrogens with one attached hydrogen (secondary N) is 2. The molecule has 2 aliphatic rings. The van der Waals surface area contributed by atoms with Crippen LogP contribution in [0.25, 0.3) is 27.6 Å². The second-order valence-corrected chi connectivity index (χ2v) is 8.47. The fraction of sp³-hybridized carbons (Fsp3) is 0.143. The number of urea groups is 1. The molecule has 4 nitrogen and oxygen atoms in total. The molecule has 2 atom stereocenters. The molecule has 0 bridgehead atoms. The lowest BCUT2D eigenvalue weighted by Gasteiger charge is -2.37. The first-order valence-electron chi connectivity index (χ1n) is 11.0. The molecule has 0 radical (unpaired) electrons. The summed E-state index contributed by atoms with van der Waals surface area (Å²) in [6, 6.07) is 29.0. The molecule has 2 N–H and O–H groups in total. The number of carbonyl (C=O) groups is 1. The highest BCUT2D eigenvalue weighted by Crippen LogP contribution is 2.35. The molecule has 6 rings (SSSR count). The van der Waals surface area contributed by atoms with Crippen molar-refractivity contribution in [2.45, 2.75) is 6.04 Å². The first-order valence-corrected chi connectivity index (χ1v) is 11.0. The number of nitrogens with zero attached hydrogens (tertiary/aromatic N) is 1. The van der Waals surface area contributed by atoms with Crippen molar-refractivity contribution < 1.29 is 4.79 Å². The Bertz CT molecular complexity index is 1410. The number of amides is 2. The zero-order chi connectivity index (χ0) is 21.5. The van der Waals surface area contributed by atoms with E-state index in [1.165, 1.54) is 21.5 Å². The maximum Gasteiger partial charge on any atom is 0.341 e. The molecule has 1 fully saturated rings. The number of fused-ring (bicyclic) bond motifs is 3. The van der Waals surface area contributed by atoms with Crippen LogP contribution in [-0.2, 0) is 0 Å². The van der Waals surface area contributed by atoms with Gasteiger partial charge in [-0.1, -0.05) is 84.9 Å². The summed E-state index contributed by atoms with van der Waals surface area (Å²) in [5, 5.41) is 11.5. The number of hydrogen-bond acceptors (Lipinski definition) is 2. The standard InChI is InChI=1S/C28H23N3O/c32-28-30-26-21(15-20-11-5-9-18-7-1-3-12-22(18)20)16-29-17-25(26)27(31-28)24-14-6-10-19-8-2-4-13-23(19)24/h1-15,25,27,29H,16-17H2,(H,31,32)/b21-15+. The van der Waals surface area contributed by atoms with Crippen LogP contribution in [0, 0.1) is 5.92 Å². The summed E-state index contributed by atoms with van der Waals surface area (Å²) in [5.74, 6) is 0.0773. The average Bonchev–Trinajstić information content (AvgIpc) is 2.84. The fourth-order valence-electron chi connectivity index (χ4n) is 5.10. The zero-order valence-electron chi connectivity index (χ0n) is 17.6. The summed E-state index contributed by atoms with van der Waals surface area (Å²) in [6.45, 7) is 1.48. The van der Waals surface area contributed by atoms with Crippen molar-refractivity contribution in [1.29, 1.82) is 0 Å². The fourth-order valence-corrected chi connectivity index (χ4v) is 5.10. The monoisotopic (exact) mass is 417 g/mol. The van der Waals surface area contributed by atoms with Crippen molar-refractivity contribution >= 4 is 39.4 Å². The molecule has 0 aliphatic carbocycles. The average molecular weight is 418 g/mol. The van der Waals surface area contributed by atoms with E-state index in [2.05, 4.69) is 101 Å². The van der Waals surface area contributed by atoms with Crippen LogP contribution in [0.1, 0.15) is 17.2 Å². The third-order valence-electron chi connectivity index (χ3n) is 6.57. The minimum Gasteiger partial charge on any atom is -0.329 e. The first-order chi connectivity index (χ1) is 15.8. The van der Waals surface area contributed by atoms with Crippen molar-refractivity contribution in [2.24, 2.45) is 10.9 Å². The third kappa shape index (κ3) is 3.20. The summed E-state index contributed by atoms with van der Waals surface area (Å²) < 4.78 is 0. The minimum absolute atomic E-state index is 0.0773. The Morgan fingerprint density at radius 3 is 2.34 bits per heavy atom. The predicted octanol–water partition coefficient (Wildman–Crippen LogP) is 5.50. The highest BCUT2D eigenvalue weighted by atomic mass is 16.2. The van der Waals surface area contributed by atoms with Crippen molar-refractivity contribution in [3.63, 3.8) is 0 Å². The van der Waals surface area contributed by atoms with Crippen LogP contribution < -0.4 is 10.6 Å². The van der Waals surface area contributed by atoms with Crippen LogP contribution in [0.2, 0.25) is 0 Å². The maximum atomic E-state index is 12.7. The lowest BCUT2D eigenvalue weighted by molar-refractivity contribution is 0.239. The zero-order valence-corrected chi connectivity index (χ0v) is 17.6. The lowest BCUT2D eigenvalue weighted by atomic mass is 9.80. The molecule has 4 aromatic carbocycles. The Hall–Kier alpha value is -3.76. The number of aliphatic imine (C=N–C) groups is 1. The van der Waals surface area contributed by atoms with E-state index < -0.39 is 0 Å². The van der Waals surface area contributed by atoms with E-state index >= 15 is 0 Å². The molecule has 32 heavy (non-hydrogen) atoms. The van der Waals surface area contributed by atoms with Crippen LogP contribution in [0.5, 0.6) is 0 Å². The summed E-state index contributed by atoms with van der Waals surface area (Å²) in [7, 11) is 0. The van der Waals surface area contributed by atoms with E-state index in [-0.39, 0.29) is 18.0 Å². The van der Waals surface area contributed by atoms with Gasteiger partial charge in [0.2, 0.25) is 0 Å². The molecule has 2 aliphatic heterocycles. The van der Waals surface area contributed by atoms with E-state index in [4.69, 9.17) is 0 Å². The summed E-state index contributed by atoms with van der Waals surface area (Å²) in [5.41, 5.74) is 4.27. The van der Waals surface area contributed by atoms with Crippen LogP contribution >= 0.6 is 0 Å². The van der Waals surface area contributed by atoms with Gasteiger partial charge in [0.25, 0.3) is 0 Å². The van der Waals surface area contributed by atoms with E-state index in [0.29, 0.717) is 6.54 Å². The largest absolute Gasteiger partial charge is 0.341 e. The van der Waals surface area contributed by atoms with Gasteiger partial charge in [-0.25, -0.2) is 4.79 Å². The summed E-state index contributed by atoms with van der Waals surface area (Å²) in [6.07, 6.45) is 2.19. The Labute approximate surface area is 186 Å². The van der Waals surface area contributed by atoms with E-state index in [1.54, 1.807) is 0 Å². The smallest absolute Gasteiger partial charge is 0.329 e. The molecule has 2 unspecified atom stereocenters. The summed E-state index contributed by atoms with van der Waals surface area (Å²) >= 11 is 0. The molecular weight excluding hydrogens is 394 g/mol. The summed E-state index contributed by atoms with van der Waals surface area (Å²) in [4.78, 5) is 17.2. The minimum atomic E-state index is -0.264. The number of benzene rings is 4. The predicted molar refractivity (Wildman–Crippen MR) is 131 cm³/mol. The van der Waals surface area contributed by atoms with Crippen molar-refractivity contribution in [3.8, 4) is 0 Å². The van der Waals surface area contributed by atoms with E-state index in [0.717, 1.165) is 29.0 Å². The molecule has 156 valence electrons. The van der Waals surface area contributed by atoms with Crippen molar-refractivity contribution in [1.82, 2.24) is 10.6 Å². The van der Waals surface area contributed by atoms with Gasteiger partial charge >= 0.3 is 6.03 Å². The van der Waals surface area contributed by atoms with Gasteiger partial charge < -0.3 is 10.6 Å². The van der Waals surface area contributed by atoms with Gasteiger partial charge in [-0.05, 0) is 44.3 Å². The molecule has 0 spiro atoms. The van der Waals surface area contributed by atoms with Crippen LogP contribution in [0.3, 0.4) is 0 Å². The number of carbonyl (C=O) groups excluding carboxylic acids is 1. The van der Waals surface area contributed by atoms with Crippen molar-refractivity contribution in [2.75, 3.05) is 13.1 Å². The third-order valence-corrected chi connectivity index (χ3v) is 6.57. The number of rotatable bonds is 2. The van der Waals surface area contributed by atoms with Crippen LogP contribution in [-0.4, -0.2) is 24.8 Å². The Balaban J connectivity index is 1.45. The van der Waals surface area contributed by atoms with Crippen LogP contribution in [0.15, 0.2) is 95.5 Å². The molecule has 1 saturated heterocycles. The molecule has 2 amide bonds. The van der Waals surface area contributed by atoms with Gasteiger partial charge in [-0.3, -0.25) is 0 Å². The Kier molecular flexibility index (Phi) is 4.58. The van der Waals surface area contributed by atoms with Crippen LogP contribution in [0.4, 0.5) is 4.79 Å². The highest BCUT2D eigenvalue weighted by Gasteiger charge is 2.37. The molecule has 2 heterocycles. The Morgan fingerprint density at radius 2 is 1.50 bits per heavy atom. The first kappa shape index (κ1) is 19.0. The lowest BCUT2D eigenvalue weighted by Crippen LogP contribution is -2.50. The SMILES string of the molecule is O=C1N=C2/C(=C/c3cccc4ccccc34)CNCC2C(c2cccc3ccccc23)N1. The van der Waals surface area contributed by atoms with Gasteiger partial charge in [-0.2, -0.15) is 4.99 Å². The number of piperidine rings is 1. The quantitative estimate of drug-likeness (QED) is 0.452. The highest BCUT2D eigenvalue weighted by molar-refractivity contribution is 6.13.